The van der Waals surface area contributed by atoms with Gasteiger partial charge in [0.15, 0.2) is 0 Å². The fraction of sp³-hybridized carbons (Fsp3) is 0.900. The van der Waals surface area contributed by atoms with Crippen LogP contribution in [0.5, 0.6) is 0 Å². The van der Waals surface area contributed by atoms with Gasteiger partial charge in [-0.25, -0.2) is 0 Å². The fourth-order valence-electron chi connectivity index (χ4n) is 1.69. The smallest absolute Gasteiger partial charge is 0.0718 e. The Morgan fingerprint density at radius 1 is 1.42 bits per heavy atom. The van der Waals surface area contributed by atoms with Crippen LogP contribution >= 0.6 is 0 Å². The molecule has 0 saturated carbocycles. The molecule has 0 bridgehead atoms. The maximum Gasteiger partial charge on any atom is 0.0718 e. The molecule has 0 spiro atoms. The van der Waals surface area contributed by atoms with Crippen LogP contribution in [0.3, 0.4) is 0 Å². The highest BCUT2D eigenvalue weighted by atomic mass is 16.3. The summed E-state index contributed by atoms with van der Waals surface area (Å²) >= 11 is 0. The molecule has 1 radical (unpaired) electrons. The summed E-state index contributed by atoms with van der Waals surface area (Å²) < 4.78 is 0. The molecule has 0 unspecified atom stereocenters. The van der Waals surface area contributed by atoms with Crippen molar-refractivity contribution in [3.8, 4) is 0 Å². The SMILES string of the molecule is [CH2]C1CCN(CC(C)(C)O)CC1. The van der Waals surface area contributed by atoms with Crippen molar-refractivity contribution in [1.29, 1.82) is 0 Å². The topological polar surface area (TPSA) is 23.5 Å². The normalized spacial score (nSPS) is 23.0. The zero-order valence-corrected chi connectivity index (χ0v) is 8.21. The average molecular weight is 170 g/mol. The van der Waals surface area contributed by atoms with E-state index in [2.05, 4.69) is 11.8 Å². The van der Waals surface area contributed by atoms with Crippen LogP contribution in [0.15, 0.2) is 0 Å². The highest BCUT2D eigenvalue weighted by Crippen LogP contribution is 2.17. The summed E-state index contributed by atoms with van der Waals surface area (Å²) in [6, 6.07) is 0. The monoisotopic (exact) mass is 170 g/mol. The van der Waals surface area contributed by atoms with E-state index in [4.69, 9.17) is 0 Å². The van der Waals surface area contributed by atoms with Crippen molar-refractivity contribution < 1.29 is 5.11 Å². The number of hydrogen-bond donors (Lipinski definition) is 1. The third-order valence-corrected chi connectivity index (χ3v) is 2.32. The molecule has 0 aliphatic carbocycles. The Morgan fingerprint density at radius 2 is 1.92 bits per heavy atom. The van der Waals surface area contributed by atoms with Gasteiger partial charge in [-0.1, -0.05) is 6.92 Å². The van der Waals surface area contributed by atoms with Crippen molar-refractivity contribution >= 4 is 0 Å². The van der Waals surface area contributed by atoms with E-state index in [0.717, 1.165) is 19.6 Å². The summed E-state index contributed by atoms with van der Waals surface area (Å²) in [5, 5.41) is 9.58. The molecule has 1 rings (SSSR count). The minimum atomic E-state index is -0.548. The van der Waals surface area contributed by atoms with Gasteiger partial charge in [0, 0.05) is 6.54 Å². The first-order valence-electron chi connectivity index (χ1n) is 4.75. The van der Waals surface area contributed by atoms with Crippen LogP contribution in [0.2, 0.25) is 0 Å². The summed E-state index contributed by atoms with van der Waals surface area (Å²) in [5.41, 5.74) is -0.548. The van der Waals surface area contributed by atoms with Gasteiger partial charge in [0.05, 0.1) is 5.60 Å². The highest BCUT2D eigenvalue weighted by Gasteiger charge is 2.21. The van der Waals surface area contributed by atoms with Gasteiger partial charge in [-0.15, -0.1) is 0 Å². The molecular formula is C10H20NO. The van der Waals surface area contributed by atoms with E-state index in [1.807, 2.05) is 13.8 Å². The molecule has 0 atom stereocenters. The van der Waals surface area contributed by atoms with Crippen molar-refractivity contribution in [2.75, 3.05) is 19.6 Å². The Labute approximate surface area is 75.6 Å². The molecule has 2 heteroatoms. The number of likely N-dealkylation sites (tertiary alicyclic amines) is 1. The number of rotatable bonds is 2. The Balaban J connectivity index is 2.26. The number of aliphatic hydroxyl groups is 1. The third-order valence-electron chi connectivity index (χ3n) is 2.32. The van der Waals surface area contributed by atoms with E-state index in [1.54, 1.807) is 0 Å². The lowest BCUT2D eigenvalue weighted by molar-refractivity contribution is 0.0267. The Morgan fingerprint density at radius 3 is 2.33 bits per heavy atom. The van der Waals surface area contributed by atoms with Crippen LogP contribution in [-0.2, 0) is 0 Å². The van der Waals surface area contributed by atoms with Gasteiger partial charge in [-0.05, 0) is 45.7 Å². The molecule has 1 aliphatic rings. The Hall–Kier alpha value is -0.0800. The van der Waals surface area contributed by atoms with Crippen LogP contribution in [0.1, 0.15) is 26.7 Å². The molecule has 0 aromatic carbocycles. The summed E-state index contributed by atoms with van der Waals surface area (Å²) in [4.78, 5) is 2.32. The van der Waals surface area contributed by atoms with Gasteiger partial charge < -0.3 is 10.0 Å². The number of hydrogen-bond acceptors (Lipinski definition) is 2. The fourth-order valence-corrected chi connectivity index (χ4v) is 1.69. The van der Waals surface area contributed by atoms with Gasteiger partial charge in [-0.3, -0.25) is 0 Å². The predicted molar refractivity (Wildman–Crippen MR) is 50.8 cm³/mol. The molecule has 1 N–H and O–H groups in total. The molecule has 0 aromatic heterocycles. The zero-order chi connectivity index (χ0) is 9.19. The second-order valence-electron chi connectivity index (χ2n) is 4.53. The average Bonchev–Trinajstić information content (AvgIpc) is 1.91. The van der Waals surface area contributed by atoms with Gasteiger partial charge in [0.25, 0.3) is 0 Å². The Kier molecular flexibility index (Phi) is 3.13. The minimum absolute atomic E-state index is 0.548. The summed E-state index contributed by atoms with van der Waals surface area (Å²) in [6.07, 6.45) is 2.35. The molecule has 1 saturated heterocycles. The van der Waals surface area contributed by atoms with Crippen molar-refractivity contribution in [1.82, 2.24) is 4.90 Å². The molecule has 2 nitrogen and oxygen atoms in total. The molecule has 1 heterocycles. The second kappa shape index (κ2) is 3.75. The molecular weight excluding hydrogens is 150 g/mol. The van der Waals surface area contributed by atoms with E-state index in [1.165, 1.54) is 12.8 Å². The predicted octanol–water partition coefficient (Wildman–Crippen LogP) is 1.30. The molecule has 0 aromatic rings. The minimum Gasteiger partial charge on any atom is -0.389 e. The van der Waals surface area contributed by atoms with E-state index >= 15 is 0 Å². The third kappa shape index (κ3) is 3.55. The number of piperidine rings is 1. The van der Waals surface area contributed by atoms with Crippen molar-refractivity contribution in [3.63, 3.8) is 0 Å². The van der Waals surface area contributed by atoms with Crippen LogP contribution < -0.4 is 0 Å². The van der Waals surface area contributed by atoms with E-state index in [0.29, 0.717) is 5.92 Å². The van der Waals surface area contributed by atoms with Crippen LogP contribution in [-0.4, -0.2) is 35.2 Å². The number of nitrogens with zero attached hydrogens (tertiary/aromatic N) is 1. The molecule has 1 aliphatic heterocycles. The molecule has 1 fully saturated rings. The van der Waals surface area contributed by atoms with Crippen LogP contribution in [0.4, 0.5) is 0 Å². The van der Waals surface area contributed by atoms with E-state index in [-0.39, 0.29) is 0 Å². The highest BCUT2D eigenvalue weighted by molar-refractivity contribution is 4.78. The largest absolute Gasteiger partial charge is 0.389 e. The van der Waals surface area contributed by atoms with Gasteiger partial charge in [-0.2, -0.15) is 0 Å². The molecule has 71 valence electrons. The van der Waals surface area contributed by atoms with Gasteiger partial charge >= 0.3 is 0 Å². The number of β-amino-alcohol motifs (C(OH)–C–C–N with tert-alkyl or cyclic N) is 1. The quantitative estimate of drug-likeness (QED) is 0.675. The van der Waals surface area contributed by atoms with E-state index in [9.17, 15) is 5.11 Å². The van der Waals surface area contributed by atoms with Crippen LogP contribution in [0, 0.1) is 12.8 Å². The molecule has 0 amide bonds. The Bertz CT molecular complexity index is 131. The van der Waals surface area contributed by atoms with Gasteiger partial charge in [0.2, 0.25) is 0 Å². The summed E-state index contributed by atoms with van der Waals surface area (Å²) in [6.45, 7) is 10.8. The molecule has 12 heavy (non-hydrogen) atoms. The maximum atomic E-state index is 9.58. The van der Waals surface area contributed by atoms with Crippen molar-refractivity contribution in [2.24, 2.45) is 5.92 Å². The van der Waals surface area contributed by atoms with Crippen molar-refractivity contribution in [3.05, 3.63) is 6.92 Å². The van der Waals surface area contributed by atoms with Crippen LogP contribution in [0.25, 0.3) is 0 Å². The van der Waals surface area contributed by atoms with E-state index < -0.39 is 5.60 Å². The first-order valence-corrected chi connectivity index (χ1v) is 4.75. The second-order valence-corrected chi connectivity index (χ2v) is 4.53. The lowest BCUT2D eigenvalue weighted by Gasteiger charge is -2.34. The lowest BCUT2D eigenvalue weighted by atomic mass is 9.98. The zero-order valence-electron chi connectivity index (χ0n) is 8.21. The summed E-state index contributed by atoms with van der Waals surface area (Å²) in [5.74, 6) is 0.628. The van der Waals surface area contributed by atoms with Gasteiger partial charge in [0.1, 0.15) is 0 Å². The summed E-state index contributed by atoms with van der Waals surface area (Å²) in [7, 11) is 0. The maximum absolute atomic E-state index is 9.58. The van der Waals surface area contributed by atoms with Crippen molar-refractivity contribution in [2.45, 2.75) is 32.3 Å². The lowest BCUT2D eigenvalue weighted by Crippen LogP contribution is -2.42. The first-order chi connectivity index (χ1) is 5.47. The standard InChI is InChI=1S/C10H20NO/c1-9-4-6-11(7-5-9)8-10(2,3)12/h9,12H,1,4-8H2,2-3H3. The first kappa shape index (κ1) is 10.0.